The highest BCUT2D eigenvalue weighted by molar-refractivity contribution is 7.09. The number of aryl methyl sites for hydroxylation is 1. The van der Waals surface area contributed by atoms with Crippen molar-refractivity contribution in [3.63, 3.8) is 0 Å². The molecule has 4 nitrogen and oxygen atoms in total. The highest BCUT2D eigenvalue weighted by atomic mass is 32.1. The van der Waals surface area contributed by atoms with Crippen LogP contribution in [0.1, 0.15) is 24.5 Å². The number of aromatic nitrogens is 1. The maximum absolute atomic E-state index is 11.6. The zero-order valence-corrected chi connectivity index (χ0v) is 11.1. The fourth-order valence-corrected chi connectivity index (χ4v) is 2.07. The summed E-state index contributed by atoms with van der Waals surface area (Å²) >= 11 is 1.67. The summed E-state index contributed by atoms with van der Waals surface area (Å²) < 4.78 is 0. The summed E-state index contributed by atoms with van der Waals surface area (Å²) in [5, 5.41) is 6.35. The van der Waals surface area contributed by atoms with Gasteiger partial charge in [-0.05, 0) is 13.3 Å². The molecule has 16 heavy (non-hydrogen) atoms. The molecular formula is C11H19N3OS. The van der Waals surface area contributed by atoms with Gasteiger partial charge in [0.15, 0.2) is 0 Å². The summed E-state index contributed by atoms with van der Waals surface area (Å²) in [4.78, 5) is 17.6. The quantitative estimate of drug-likeness (QED) is 0.844. The molecule has 0 aliphatic rings. The predicted molar refractivity (Wildman–Crippen MR) is 66.5 cm³/mol. The summed E-state index contributed by atoms with van der Waals surface area (Å²) in [6.07, 6.45) is 0.969. The van der Waals surface area contributed by atoms with Gasteiger partial charge in [0.2, 0.25) is 5.91 Å². The number of rotatable bonds is 5. The largest absolute Gasteiger partial charge is 0.347 e. The number of carbonyl (C=O) groups excluding carboxylic acids is 1. The van der Waals surface area contributed by atoms with E-state index in [-0.39, 0.29) is 11.9 Å². The van der Waals surface area contributed by atoms with Gasteiger partial charge in [-0.1, -0.05) is 6.92 Å². The monoisotopic (exact) mass is 241 g/mol. The van der Waals surface area contributed by atoms with Crippen LogP contribution in [0.3, 0.4) is 0 Å². The number of hydrogen-bond acceptors (Lipinski definition) is 4. The Bertz CT molecular complexity index is 349. The summed E-state index contributed by atoms with van der Waals surface area (Å²) in [5.74, 6) is 0.0888. The lowest BCUT2D eigenvalue weighted by Crippen LogP contribution is -2.41. The molecule has 5 heteroatoms. The molecule has 1 aromatic rings. The molecule has 90 valence electrons. The Hall–Kier alpha value is -0.940. The van der Waals surface area contributed by atoms with Crippen LogP contribution in [0.25, 0.3) is 0 Å². The number of thiazole rings is 1. The number of amides is 1. The van der Waals surface area contributed by atoms with Gasteiger partial charge in [0, 0.05) is 26.0 Å². The van der Waals surface area contributed by atoms with E-state index in [1.165, 1.54) is 0 Å². The molecule has 1 N–H and O–H groups in total. The second kappa shape index (κ2) is 5.96. The highest BCUT2D eigenvalue weighted by Crippen LogP contribution is 2.09. The van der Waals surface area contributed by atoms with Crippen LogP contribution in [-0.4, -0.2) is 35.9 Å². The van der Waals surface area contributed by atoms with Crippen LogP contribution in [-0.2, 0) is 17.8 Å². The molecule has 1 heterocycles. The lowest BCUT2D eigenvalue weighted by atomic mass is 10.3. The number of hydrogen-bond donors (Lipinski definition) is 1. The third kappa shape index (κ3) is 3.57. The van der Waals surface area contributed by atoms with E-state index in [4.69, 9.17) is 0 Å². The molecule has 0 aliphatic carbocycles. The van der Waals surface area contributed by atoms with Crippen molar-refractivity contribution in [3.05, 3.63) is 16.1 Å². The maximum Gasteiger partial charge on any atom is 0.238 e. The van der Waals surface area contributed by atoms with Gasteiger partial charge in [0.05, 0.1) is 16.7 Å². The van der Waals surface area contributed by atoms with E-state index in [0.717, 1.165) is 17.1 Å². The van der Waals surface area contributed by atoms with E-state index >= 15 is 0 Å². The third-order valence-corrected chi connectivity index (χ3v) is 3.34. The van der Waals surface area contributed by atoms with Crippen LogP contribution < -0.4 is 5.32 Å². The second-order valence-electron chi connectivity index (χ2n) is 3.92. The van der Waals surface area contributed by atoms with Crippen molar-refractivity contribution in [1.29, 1.82) is 0 Å². The smallest absolute Gasteiger partial charge is 0.238 e. The first kappa shape index (κ1) is 13.1. The number of nitrogens with zero attached hydrogens (tertiary/aromatic N) is 2. The van der Waals surface area contributed by atoms with Crippen molar-refractivity contribution in [3.8, 4) is 0 Å². The molecule has 0 saturated heterocycles. The van der Waals surface area contributed by atoms with E-state index in [9.17, 15) is 4.79 Å². The fraction of sp³-hybridized carbons (Fsp3) is 0.636. The second-order valence-corrected chi connectivity index (χ2v) is 4.86. The minimum absolute atomic E-state index is 0.0888. The van der Waals surface area contributed by atoms with Gasteiger partial charge in [0.1, 0.15) is 0 Å². The standard InChI is InChI=1S/C11H19N3OS/c1-5-10-13-9(7-16-10)6-12-8(2)11(15)14(3)4/h7-8,12H,5-6H2,1-4H3/t8-/m1/s1. The molecule has 1 atom stereocenters. The van der Waals surface area contributed by atoms with E-state index in [0.29, 0.717) is 6.54 Å². The summed E-state index contributed by atoms with van der Waals surface area (Å²) in [6, 6.07) is -0.165. The van der Waals surface area contributed by atoms with Gasteiger partial charge in [-0.2, -0.15) is 0 Å². The zero-order chi connectivity index (χ0) is 12.1. The fourth-order valence-electron chi connectivity index (χ4n) is 1.32. The average Bonchev–Trinajstić information content (AvgIpc) is 2.72. The molecule has 1 rings (SSSR count). The van der Waals surface area contributed by atoms with E-state index < -0.39 is 0 Å². The zero-order valence-electron chi connectivity index (χ0n) is 10.3. The predicted octanol–water partition coefficient (Wildman–Crippen LogP) is 1.27. The molecule has 0 saturated carbocycles. The van der Waals surface area contributed by atoms with Crippen molar-refractivity contribution in [2.45, 2.75) is 32.9 Å². The van der Waals surface area contributed by atoms with Gasteiger partial charge in [-0.25, -0.2) is 4.98 Å². The van der Waals surface area contributed by atoms with Gasteiger partial charge in [-0.3, -0.25) is 4.79 Å². The molecule has 0 spiro atoms. The molecule has 0 aromatic carbocycles. The molecule has 0 unspecified atom stereocenters. The summed E-state index contributed by atoms with van der Waals surface area (Å²) in [6.45, 7) is 4.61. The molecule has 0 bridgehead atoms. The third-order valence-electron chi connectivity index (χ3n) is 2.30. The first-order chi connectivity index (χ1) is 7.54. The van der Waals surface area contributed by atoms with Crippen molar-refractivity contribution in [2.75, 3.05) is 14.1 Å². The van der Waals surface area contributed by atoms with Crippen LogP contribution in [0.4, 0.5) is 0 Å². The Labute approximate surface area is 101 Å². The normalized spacial score (nSPS) is 12.5. The minimum Gasteiger partial charge on any atom is -0.347 e. The Balaban J connectivity index is 2.42. The topological polar surface area (TPSA) is 45.2 Å². The number of nitrogens with one attached hydrogen (secondary N) is 1. The number of likely N-dealkylation sites (N-methyl/N-ethyl adjacent to an activating group) is 1. The van der Waals surface area contributed by atoms with Crippen molar-refractivity contribution in [2.24, 2.45) is 0 Å². The maximum atomic E-state index is 11.6. The summed E-state index contributed by atoms with van der Waals surface area (Å²) in [5.41, 5.74) is 1.01. The molecule has 0 fully saturated rings. The van der Waals surface area contributed by atoms with Gasteiger partial charge < -0.3 is 10.2 Å². The van der Waals surface area contributed by atoms with E-state index in [1.54, 1.807) is 30.3 Å². The van der Waals surface area contributed by atoms with Crippen molar-refractivity contribution < 1.29 is 4.79 Å². The number of carbonyl (C=O) groups is 1. The first-order valence-corrected chi connectivity index (χ1v) is 6.30. The van der Waals surface area contributed by atoms with E-state index in [2.05, 4.69) is 17.2 Å². The van der Waals surface area contributed by atoms with Crippen molar-refractivity contribution >= 4 is 17.2 Å². The first-order valence-electron chi connectivity index (χ1n) is 5.42. The van der Waals surface area contributed by atoms with Gasteiger partial charge >= 0.3 is 0 Å². The lowest BCUT2D eigenvalue weighted by molar-refractivity contribution is -0.130. The Morgan fingerprint density at radius 1 is 1.62 bits per heavy atom. The molecule has 1 aromatic heterocycles. The Morgan fingerprint density at radius 2 is 2.31 bits per heavy atom. The highest BCUT2D eigenvalue weighted by Gasteiger charge is 2.14. The van der Waals surface area contributed by atoms with Crippen LogP contribution >= 0.6 is 11.3 Å². The Kier molecular flexibility index (Phi) is 4.89. The Morgan fingerprint density at radius 3 is 2.81 bits per heavy atom. The minimum atomic E-state index is -0.165. The van der Waals surface area contributed by atoms with Crippen LogP contribution in [0.2, 0.25) is 0 Å². The molecular weight excluding hydrogens is 222 g/mol. The van der Waals surface area contributed by atoms with Crippen molar-refractivity contribution in [1.82, 2.24) is 15.2 Å². The van der Waals surface area contributed by atoms with Crippen LogP contribution in [0, 0.1) is 0 Å². The van der Waals surface area contributed by atoms with Crippen LogP contribution in [0.15, 0.2) is 5.38 Å². The molecule has 0 aliphatic heterocycles. The summed E-state index contributed by atoms with van der Waals surface area (Å²) in [7, 11) is 3.52. The van der Waals surface area contributed by atoms with Crippen LogP contribution in [0.5, 0.6) is 0 Å². The SMILES string of the molecule is CCc1nc(CN[C@H](C)C(=O)N(C)C)cs1. The van der Waals surface area contributed by atoms with E-state index in [1.807, 2.05) is 12.3 Å². The van der Waals surface area contributed by atoms with Gasteiger partial charge in [-0.15, -0.1) is 11.3 Å². The molecule has 1 amide bonds. The lowest BCUT2D eigenvalue weighted by Gasteiger charge is -2.17. The molecule has 0 radical (unpaired) electrons. The average molecular weight is 241 g/mol. The van der Waals surface area contributed by atoms with Gasteiger partial charge in [0.25, 0.3) is 0 Å².